The van der Waals surface area contributed by atoms with Crippen LogP contribution in [0.4, 0.5) is 5.69 Å². The number of halogens is 1. The standard InChI is InChI=1S/C23H20BrNO4/c24-20-14-11-15-5-1-2-6-18(15)22(20)19-7-3-4-8-21(19)29-23(26)16-9-12-17(13-10-16)25(27)28/h1-2,5-6,9-14,19,21H,3-4,7-8H2/t19-,21+/m1/s1. The van der Waals surface area contributed by atoms with Crippen molar-refractivity contribution in [1.29, 1.82) is 0 Å². The number of hydrogen-bond donors (Lipinski definition) is 0. The average Bonchev–Trinajstić information content (AvgIpc) is 2.74. The molecule has 0 aromatic heterocycles. The molecule has 29 heavy (non-hydrogen) atoms. The summed E-state index contributed by atoms with van der Waals surface area (Å²) in [4.78, 5) is 23.1. The Bertz CT molecular complexity index is 1060. The number of esters is 1. The molecular formula is C23H20BrNO4. The second-order valence-corrected chi connectivity index (χ2v) is 8.18. The normalized spacial score (nSPS) is 19.1. The molecule has 6 heteroatoms. The van der Waals surface area contributed by atoms with Crippen LogP contribution in [0.2, 0.25) is 0 Å². The van der Waals surface area contributed by atoms with Crippen LogP contribution in [0, 0.1) is 10.1 Å². The maximum absolute atomic E-state index is 12.7. The topological polar surface area (TPSA) is 69.4 Å². The second kappa shape index (κ2) is 8.33. The van der Waals surface area contributed by atoms with E-state index in [-0.39, 0.29) is 17.7 Å². The summed E-state index contributed by atoms with van der Waals surface area (Å²) >= 11 is 3.71. The zero-order chi connectivity index (χ0) is 20.4. The molecule has 0 N–H and O–H groups in total. The highest BCUT2D eigenvalue weighted by atomic mass is 79.9. The van der Waals surface area contributed by atoms with Crippen molar-refractivity contribution in [1.82, 2.24) is 0 Å². The van der Waals surface area contributed by atoms with Gasteiger partial charge >= 0.3 is 5.97 Å². The highest BCUT2D eigenvalue weighted by Gasteiger charge is 2.32. The molecule has 0 heterocycles. The van der Waals surface area contributed by atoms with Gasteiger partial charge in [0.1, 0.15) is 6.10 Å². The van der Waals surface area contributed by atoms with Gasteiger partial charge in [-0.1, -0.05) is 52.7 Å². The van der Waals surface area contributed by atoms with Crippen molar-refractivity contribution in [2.75, 3.05) is 0 Å². The van der Waals surface area contributed by atoms with Gasteiger partial charge in [0.15, 0.2) is 0 Å². The van der Waals surface area contributed by atoms with Gasteiger partial charge in [-0.15, -0.1) is 0 Å². The van der Waals surface area contributed by atoms with E-state index in [1.807, 2.05) is 12.1 Å². The van der Waals surface area contributed by atoms with Gasteiger partial charge in [0, 0.05) is 22.5 Å². The van der Waals surface area contributed by atoms with Gasteiger partial charge < -0.3 is 4.74 Å². The van der Waals surface area contributed by atoms with Crippen LogP contribution in [0.3, 0.4) is 0 Å². The summed E-state index contributed by atoms with van der Waals surface area (Å²) in [6.45, 7) is 0. The second-order valence-electron chi connectivity index (χ2n) is 7.32. The van der Waals surface area contributed by atoms with Crippen molar-refractivity contribution in [3.63, 3.8) is 0 Å². The molecule has 0 aliphatic heterocycles. The fraction of sp³-hybridized carbons (Fsp3) is 0.261. The molecule has 0 amide bonds. The van der Waals surface area contributed by atoms with Crippen LogP contribution >= 0.6 is 15.9 Å². The third-order valence-corrected chi connectivity index (χ3v) is 6.25. The Morgan fingerprint density at radius 2 is 1.72 bits per heavy atom. The summed E-state index contributed by atoms with van der Waals surface area (Å²) in [5.74, 6) is -0.334. The SMILES string of the molecule is O=C(O[C@H]1CCCC[C@H]1c1c(Br)ccc2ccccc12)c1ccc([N+](=O)[O-])cc1. The number of rotatable bonds is 4. The third kappa shape index (κ3) is 4.03. The number of benzene rings is 3. The maximum atomic E-state index is 12.7. The van der Waals surface area contributed by atoms with E-state index >= 15 is 0 Å². The molecule has 0 spiro atoms. The number of nitro groups is 1. The number of fused-ring (bicyclic) bond motifs is 1. The fourth-order valence-electron chi connectivity index (χ4n) is 4.14. The first-order chi connectivity index (χ1) is 14.0. The summed E-state index contributed by atoms with van der Waals surface area (Å²) < 4.78 is 6.95. The van der Waals surface area contributed by atoms with Gasteiger partial charge in [-0.2, -0.15) is 0 Å². The highest BCUT2D eigenvalue weighted by Crippen LogP contribution is 2.42. The zero-order valence-corrected chi connectivity index (χ0v) is 17.3. The molecule has 3 aromatic rings. The number of nitro benzene ring substituents is 1. The lowest BCUT2D eigenvalue weighted by molar-refractivity contribution is -0.384. The maximum Gasteiger partial charge on any atom is 0.338 e. The minimum Gasteiger partial charge on any atom is -0.458 e. The lowest BCUT2D eigenvalue weighted by Crippen LogP contribution is -2.29. The molecule has 0 bridgehead atoms. The van der Waals surface area contributed by atoms with E-state index in [9.17, 15) is 14.9 Å². The quantitative estimate of drug-likeness (QED) is 0.260. The number of hydrogen-bond acceptors (Lipinski definition) is 4. The van der Waals surface area contributed by atoms with Gasteiger partial charge in [0.2, 0.25) is 0 Å². The van der Waals surface area contributed by atoms with Crippen molar-refractivity contribution >= 4 is 38.4 Å². The van der Waals surface area contributed by atoms with E-state index in [2.05, 4.69) is 40.2 Å². The molecule has 4 rings (SSSR count). The number of carbonyl (C=O) groups excluding carboxylic acids is 1. The van der Waals surface area contributed by atoms with Crippen LogP contribution in [-0.2, 0) is 4.74 Å². The van der Waals surface area contributed by atoms with Crippen LogP contribution in [-0.4, -0.2) is 17.0 Å². The van der Waals surface area contributed by atoms with E-state index in [0.717, 1.165) is 35.5 Å². The summed E-state index contributed by atoms with van der Waals surface area (Å²) in [7, 11) is 0. The van der Waals surface area contributed by atoms with E-state index in [0.29, 0.717) is 5.56 Å². The predicted molar refractivity (Wildman–Crippen MR) is 115 cm³/mol. The Labute approximate surface area is 177 Å². The lowest BCUT2D eigenvalue weighted by atomic mass is 9.80. The molecule has 1 aliphatic rings. The van der Waals surface area contributed by atoms with Crippen molar-refractivity contribution in [3.05, 3.63) is 86.4 Å². The minimum atomic E-state index is -0.482. The van der Waals surface area contributed by atoms with Gasteiger partial charge in [-0.3, -0.25) is 10.1 Å². The lowest BCUT2D eigenvalue weighted by Gasteiger charge is -2.33. The molecule has 1 aliphatic carbocycles. The van der Waals surface area contributed by atoms with Crippen molar-refractivity contribution in [2.45, 2.75) is 37.7 Å². The Kier molecular flexibility index (Phi) is 5.62. The molecule has 148 valence electrons. The van der Waals surface area contributed by atoms with E-state index in [1.165, 1.54) is 35.2 Å². The van der Waals surface area contributed by atoms with Crippen LogP contribution in [0.15, 0.2) is 65.1 Å². The molecule has 1 saturated carbocycles. The first-order valence-corrected chi connectivity index (χ1v) is 10.5. The Morgan fingerprint density at radius 3 is 2.48 bits per heavy atom. The number of ether oxygens (including phenoxy) is 1. The third-order valence-electron chi connectivity index (χ3n) is 5.56. The Morgan fingerprint density at radius 1 is 1.00 bits per heavy atom. The molecule has 0 radical (unpaired) electrons. The summed E-state index contributed by atoms with van der Waals surface area (Å²) in [6.07, 6.45) is 3.63. The molecular weight excluding hydrogens is 434 g/mol. The smallest absolute Gasteiger partial charge is 0.338 e. The van der Waals surface area contributed by atoms with Gasteiger partial charge in [0.05, 0.1) is 10.5 Å². The Hall–Kier alpha value is -2.73. The van der Waals surface area contributed by atoms with Crippen LogP contribution < -0.4 is 0 Å². The van der Waals surface area contributed by atoms with Crippen molar-refractivity contribution in [3.8, 4) is 0 Å². The first kappa shape index (κ1) is 19.6. The summed E-state index contributed by atoms with van der Waals surface area (Å²) in [5.41, 5.74) is 1.47. The average molecular weight is 454 g/mol. The van der Waals surface area contributed by atoms with Gasteiger partial charge in [-0.25, -0.2) is 4.79 Å². The van der Waals surface area contributed by atoms with Crippen LogP contribution in [0.5, 0.6) is 0 Å². The largest absolute Gasteiger partial charge is 0.458 e. The minimum absolute atomic E-state index is 0.0446. The monoisotopic (exact) mass is 453 g/mol. The van der Waals surface area contributed by atoms with Crippen LogP contribution in [0.25, 0.3) is 10.8 Å². The molecule has 0 saturated heterocycles. The predicted octanol–water partition coefficient (Wildman–Crippen LogP) is 6.39. The zero-order valence-electron chi connectivity index (χ0n) is 15.7. The van der Waals surface area contributed by atoms with Crippen molar-refractivity contribution < 1.29 is 14.5 Å². The molecule has 5 nitrogen and oxygen atoms in total. The molecule has 3 aromatic carbocycles. The van der Waals surface area contributed by atoms with Gasteiger partial charge in [0.25, 0.3) is 5.69 Å². The van der Waals surface area contributed by atoms with E-state index < -0.39 is 10.9 Å². The molecule has 0 unspecified atom stereocenters. The molecule has 1 fully saturated rings. The van der Waals surface area contributed by atoms with E-state index in [4.69, 9.17) is 4.74 Å². The number of carbonyl (C=O) groups is 1. The highest BCUT2D eigenvalue weighted by molar-refractivity contribution is 9.10. The Balaban J connectivity index is 1.62. The fourth-order valence-corrected chi connectivity index (χ4v) is 4.78. The van der Waals surface area contributed by atoms with E-state index in [1.54, 1.807) is 0 Å². The van der Waals surface area contributed by atoms with Crippen molar-refractivity contribution in [2.24, 2.45) is 0 Å². The van der Waals surface area contributed by atoms with Crippen LogP contribution in [0.1, 0.15) is 47.5 Å². The number of nitrogens with zero attached hydrogens (tertiary/aromatic N) is 1. The number of non-ortho nitro benzene ring substituents is 1. The first-order valence-electron chi connectivity index (χ1n) is 9.67. The van der Waals surface area contributed by atoms with Gasteiger partial charge in [-0.05, 0) is 53.8 Å². The summed E-state index contributed by atoms with van der Waals surface area (Å²) in [6, 6.07) is 18.0. The molecule has 2 atom stereocenters. The summed E-state index contributed by atoms with van der Waals surface area (Å²) in [5, 5.41) is 13.2.